The number of nitrogens with zero attached hydrogens (tertiary/aromatic N) is 7. The number of hydrogen-bond acceptors (Lipinski definition) is 17. The van der Waals surface area contributed by atoms with E-state index in [0.29, 0.717) is 0 Å². The summed E-state index contributed by atoms with van der Waals surface area (Å²) in [4.78, 5) is 33.9. The van der Waals surface area contributed by atoms with Crippen molar-refractivity contribution in [3.8, 4) is 0 Å². The van der Waals surface area contributed by atoms with Gasteiger partial charge in [-0.25, -0.2) is 41.3 Å². The molecule has 0 aliphatic carbocycles. The summed E-state index contributed by atoms with van der Waals surface area (Å²) in [6.45, 7) is -1.83. The first-order chi connectivity index (χ1) is 21.3. The minimum Gasteiger partial charge on any atom is -0.382 e. The van der Waals surface area contributed by atoms with Gasteiger partial charge in [0.05, 0.1) is 19.3 Å². The third-order valence-electron chi connectivity index (χ3n) is 7.22. The van der Waals surface area contributed by atoms with Crippen molar-refractivity contribution >= 4 is 54.8 Å². The number of anilines is 2. The number of hydrogen-bond donors (Lipinski definition) is 4. The van der Waals surface area contributed by atoms with Gasteiger partial charge in [0.15, 0.2) is 47.4 Å². The second kappa shape index (κ2) is 10.5. The van der Waals surface area contributed by atoms with E-state index in [-0.39, 0.29) is 34.1 Å². The molecule has 242 valence electrons. The van der Waals surface area contributed by atoms with Gasteiger partial charge in [0, 0.05) is 6.54 Å². The van der Waals surface area contributed by atoms with Crippen molar-refractivity contribution in [2.75, 3.05) is 24.6 Å². The minimum absolute atomic E-state index is 0.0234. The second-order valence-electron chi connectivity index (χ2n) is 9.99. The van der Waals surface area contributed by atoms with Crippen LogP contribution < -0.4 is 21.7 Å². The van der Waals surface area contributed by atoms with E-state index in [2.05, 4.69) is 29.9 Å². The van der Waals surface area contributed by atoms with Gasteiger partial charge < -0.3 is 20.9 Å². The van der Waals surface area contributed by atoms with E-state index in [1.165, 1.54) is 0 Å². The first-order valence-electron chi connectivity index (χ1n) is 12.8. The van der Waals surface area contributed by atoms with Crippen LogP contribution >= 0.6 is 0 Å². The lowest BCUT2D eigenvalue weighted by Crippen LogP contribution is -2.46. The Hall–Kier alpha value is -3.98. The molecule has 0 radical (unpaired) electrons. The predicted molar refractivity (Wildman–Crippen MR) is 141 cm³/mol. The highest BCUT2D eigenvalue weighted by Gasteiger charge is 2.53. The number of aromatic nitrogens is 8. The van der Waals surface area contributed by atoms with Crippen molar-refractivity contribution in [1.82, 2.24) is 43.8 Å². The molecule has 4 aromatic rings. The molecule has 3 fully saturated rings. The maximum absolute atomic E-state index is 15.8. The first kappa shape index (κ1) is 29.7. The van der Waals surface area contributed by atoms with E-state index in [1.807, 2.05) is 4.72 Å². The molecule has 0 saturated carbocycles. The fraction of sp³-hybridized carbons (Fsp3) is 0.500. The molecule has 3 saturated heterocycles. The van der Waals surface area contributed by atoms with Gasteiger partial charge in [-0.05, 0) is 0 Å². The highest BCUT2D eigenvalue weighted by atomic mass is 32.3. The quantitative estimate of drug-likeness (QED) is 0.170. The van der Waals surface area contributed by atoms with Gasteiger partial charge in [-0.2, -0.15) is 26.5 Å². The van der Waals surface area contributed by atoms with Gasteiger partial charge >= 0.3 is 20.7 Å². The van der Waals surface area contributed by atoms with Crippen molar-refractivity contribution in [3.05, 3.63) is 29.3 Å². The topological polar surface area (TPSA) is 286 Å². The van der Waals surface area contributed by atoms with Crippen molar-refractivity contribution in [3.63, 3.8) is 0 Å². The number of fused-ring (bicyclic) bond motifs is 4. The minimum atomic E-state index is -5.07. The van der Waals surface area contributed by atoms with E-state index in [4.69, 9.17) is 33.5 Å². The van der Waals surface area contributed by atoms with Crippen molar-refractivity contribution in [2.24, 2.45) is 0 Å². The van der Waals surface area contributed by atoms with E-state index < -0.39 is 88.6 Å². The zero-order chi connectivity index (χ0) is 31.8. The molecule has 0 spiro atoms. The van der Waals surface area contributed by atoms with Crippen LogP contribution in [-0.4, -0.2) is 106 Å². The molecule has 6 N–H and O–H groups in total. The number of halogens is 2. The normalized spacial score (nSPS) is 33.4. The van der Waals surface area contributed by atoms with Gasteiger partial charge in [0.1, 0.15) is 36.3 Å². The molecule has 0 unspecified atom stereocenters. The number of ether oxygens (including phenoxy) is 2. The average Bonchev–Trinajstić information content (AvgIpc) is 3.72. The Morgan fingerprint density at radius 3 is 2.24 bits per heavy atom. The molecule has 4 aromatic heterocycles. The maximum atomic E-state index is 15.8. The van der Waals surface area contributed by atoms with Crippen LogP contribution in [0.4, 0.5) is 20.5 Å². The Morgan fingerprint density at radius 2 is 1.51 bits per heavy atom. The SMILES string of the molecule is Nc1nc2c(ncn2[C@@H]2O[C@@H]3CNS(=O)(=O)O[C@H]4[C@@H](F)[C@H](n5cnc6c(N)ncnc65)O[C@@H]4COS(=O)(=O)O[C@H]3[C@H]2F)c(=O)[nH]1. The molecule has 25 heteroatoms. The monoisotopic (exact) mass is 677 g/mol. The average molecular weight is 678 g/mol. The molecule has 0 bridgehead atoms. The Bertz CT molecular complexity index is 2080. The van der Waals surface area contributed by atoms with Crippen LogP contribution in [0.25, 0.3) is 22.3 Å². The lowest BCUT2D eigenvalue weighted by atomic mass is 10.1. The zero-order valence-electron chi connectivity index (χ0n) is 22.2. The summed E-state index contributed by atoms with van der Waals surface area (Å²) < 4.78 is 113. The molecule has 0 aromatic carbocycles. The molecule has 7 rings (SSSR count). The van der Waals surface area contributed by atoms with Crippen molar-refractivity contribution in [1.29, 1.82) is 0 Å². The molecule has 3 aliphatic heterocycles. The fourth-order valence-corrected chi connectivity index (χ4v) is 7.05. The zero-order valence-corrected chi connectivity index (χ0v) is 23.8. The molecule has 21 nitrogen and oxygen atoms in total. The summed E-state index contributed by atoms with van der Waals surface area (Å²) in [5.41, 5.74) is 10.3. The lowest BCUT2D eigenvalue weighted by Gasteiger charge is -2.23. The Balaban J connectivity index is 1.18. The van der Waals surface area contributed by atoms with Gasteiger partial charge in [0.25, 0.3) is 5.56 Å². The highest BCUT2D eigenvalue weighted by Crippen LogP contribution is 2.39. The number of alkyl halides is 2. The molecule has 8 atom stereocenters. The summed E-state index contributed by atoms with van der Waals surface area (Å²) in [6, 6.07) is 0. The molecule has 3 aliphatic rings. The first-order valence-corrected chi connectivity index (χ1v) is 15.6. The number of rotatable bonds is 2. The number of imidazole rings is 2. The van der Waals surface area contributed by atoms with Gasteiger partial charge in [-0.3, -0.25) is 18.9 Å². The number of nitrogens with one attached hydrogen (secondary N) is 2. The lowest BCUT2D eigenvalue weighted by molar-refractivity contribution is -0.0432. The van der Waals surface area contributed by atoms with Crippen LogP contribution in [0.15, 0.2) is 23.8 Å². The van der Waals surface area contributed by atoms with Crippen LogP contribution in [-0.2, 0) is 42.7 Å². The van der Waals surface area contributed by atoms with Crippen LogP contribution in [0, 0.1) is 0 Å². The Kier molecular flexibility index (Phi) is 6.96. The Morgan fingerprint density at radius 1 is 0.867 bits per heavy atom. The predicted octanol–water partition coefficient (Wildman–Crippen LogP) is -2.53. The van der Waals surface area contributed by atoms with Crippen LogP contribution in [0.5, 0.6) is 0 Å². The summed E-state index contributed by atoms with van der Waals surface area (Å²) in [6.07, 6.45) is -11.9. The number of nitrogens with two attached hydrogens (primary N) is 2. The number of nitrogen functional groups attached to an aromatic ring is 2. The van der Waals surface area contributed by atoms with Crippen LogP contribution in [0.3, 0.4) is 0 Å². The second-order valence-corrected chi connectivity index (χ2v) is 12.6. The third kappa shape index (κ3) is 5.15. The van der Waals surface area contributed by atoms with Crippen LogP contribution in [0.1, 0.15) is 12.5 Å². The van der Waals surface area contributed by atoms with Gasteiger partial charge in [0.2, 0.25) is 5.95 Å². The Labute approximate surface area is 249 Å². The van der Waals surface area contributed by atoms with E-state index >= 15 is 8.78 Å². The standard InChI is InChI=1S/C20H21F2N11O10S2/c21-8-12-6(40-19(8)33-5-28-11-16(33)30-20(24)31-17(11)34)1-29-44(35,36)42-13-7(2-39-45(37,38)43-12)41-18(9(13)22)32-4-27-10-14(23)25-3-26-15(10)32/h3-9,12-13,18-19,29H,1-2H2,(H2,23,25,26)(H3,24,30,31,34)/t6-,7-,8-,9-,12-,13-,18-,19-/m1/s1. The summed E-state index contributed by atoms with van der Waals surface area (Å²) >= 11 is 0. The van der Waals surface area contributed by atoms with E-state index in [1.54, 1.807) is 0 Å². The van der Waals surface area contributed by atoms with E-state index in [9.17, 15) is 21.6 Å². The fourth-order valence-electron chi connectivity index (χ4n) is 5.23. The van der Waals surface area contributed by atoms with Crippen molar-refractivity contribution < 1.29 is 47.6 Å². The molecule has 45 heavy (non-hydrogen) atoms. The summed E-state index contributed by atoms with van der Waals surface area (Å²) in [5, 5.41) is 0. The van der Waals surface area contributed by atoms with Crippen molar-refractivity contribution in [2.45, 2.75) is 49.2 Å². The van der Waals surface area contributed by atoms with Gasteiger partial charge in [-0.15, -0.1) is 0 Å². The number of H-pyrrole nitrogens is 1. The summed E-state index contributed by atoms with van der Waals surface area (Å²) in [5.74, 6) is -0.351. The highest BCUT2D eigenvalue weighted by molar-refractivity contribution is 7.84. The molecular weight excluding hydrogens is 656 g/mol. The van der Waals surface area contributed by atoms with Gasteiger partial charge in [-0.1, -0.05) is 0 Å². The number of aromatic amines is 1. The maximum Gasteiger partial charge on any atom is 0.400 e. The summed E-state index contributed by atoms with van der Waals surface area (Å²) in [7, 11) is -9.91. The third-order valence-corrected chi connectivity index (χ3v) is 9.10. The molecular formula is C20H21F2N11O10S2. The molecule has 0 amide bonds. The van der Waals surface area contributed by atoms with E-state index in [0.717, 1.165) is 28.1 Å². The molecule has 7 heterocycles. The smallest absolute Gasteiger partial charge is 0.382 e. The van der Waals surface area contributed by atoms with Crippen LogP contribution in [0.2, 0.25) is 0 Å². The largest absolute Gasteiger partial charge is 0.400 e.